The van der Waals surface area contributed by atoms with Gasteiger partial charge in [0, 0.05) is 10.7 Å². The maximum Gasteiger partial charge on any atom is 0.261 e. The Morgan fingerprint density at radius 1 is 1.35 bits per heavy atom. The van der Waals surface area contributed by atoms with Crippen molar-refractivity contribution in [2.45, 2.75) is 11.8 Å². The highest BCUT2D eigenvalue weighted by Gasteiger charge is 2.18. The molecule has 7 heteroatoms. The van der Waals surface area contributed by atoms with E-state index in [4.69, 9.17) is 15.4 Å². The Morgan fingerprint density at radius 2 is 1.88 bits per heavy atom. The van der Waals surface area contributed by atoms with E-state index in [-0.39, 0.29) is 6.61 Å². The number of benzene rings is 1. The van der Waals surface area contributed by atoms with Gasteiger partial charge in [0.25, 0.3) is 9.05 Å². The van der Waals surface area contributed by atoms with Gasteiger partial charge in [0.15, 0.2) is 17.4 Å². The van der Waals surface area contributed by atoms with Crippen molar-refractivity contribution in [3.05, 3.63) is 35.9 Å². The maximum absolute atomic E-state index is 13.4. The maximum atomic E-state index is 13.4. The molecule has 0 aliphatic carbocycles. The first kappa shape index (κ1) is 13.9. The van der Waals surface area contributed by atoms with Crippen molar-refractivity contribution in [3.63, 3.8) is 0 Å². The summed E-state index contributed by atoms with van der Waals surface area (Å²) in [6, 6.07) is 1.22. The average Bonchev–Trinajstić information content (AvgIpc) is 2.20. The first-order valence-electron chi connectivity index (χ1n) is 4.54. The average molecular weight is 283 g/mol. The first-order chi connectivity index (χ1) is 7.86. The standard InChI is InChI=1S/C10H9ClF2O3S/c1-2-3-4-16-10-8(12)5-7(6-9(10)13)17(11,14)15/h2-3,5-6H,4H2,1H3/b3-2+. The van der Waals surface area contributed by atoms with Gasteiger partial charge in [-0.1, -0.05) is 12.2 Å². The fourth-order valence-electron chi connectivity index (χ4n) is 1.04. The van der Waals surface area contributed by atoms with Crippen molar-refractivity contribution in [1.82, 2.24) is 0 Å². The summed E-state index contributed by atoms with van der Waals surface area (Å²) in [5.41, 5.74) is 0. The Bertz CT molecular complexity index is 517. The molecule has 0 fully saturated rings. The summed E-state index contributed by atoms with van der Waals surface area (Å²) in [4.78, 5) is -0.646. The minimum absolute atomic E-state index is 0.0166. The van der Waals surface area contributed by atoms with Crippen LogP contribution < -0.4 is 4.74 Å². The molecule has 1 rings (SSSR count). The van der Waals surface area contributed by atoms with E-state index in [9.17, 15) is 17.2 Å². The molecule has 0 aromatic heterocycles. The summed E-state index contributed by atoms with van der Waals surface area (Å²) < 4.78 is 53.3. The molecule has 0 unspecified atom stereocenters. The molecule has 0 saturated carbocycles. The lowest BCUT2D eigenvalue weighted by molar-refractivity contribution is 0.319. The van der Waals surface area contributed by atoms with Crippen LogP contribution in [0.1, 0.15) is 6.92 Å². The van der Waals surface area contributed by atoms with Crippen LogP contribution in [0.4, 0.5) is 8.78 Å². The molecular formula is C10H9ClF2O3S. The monoisotopic (exact) mass is 282 g/mol. The van der Waals surface area contributed by atoms with E-state index in [0.29, 0.717) is 12.1 Å². The van der Waals surface area contributed by atoms with Gasteiger partial charge in [0.1, 0.15) is 6.61 Å². The second kappa shape index (κ2) is 5.46. The Labute approximate surface area is 102 Å². The molecule has 0 aliphatic heterocycles. The molecule has 0 N–H and O–H groups in total. The normalized spacial score (nSPS) is 12.0. The van der Waals surface area contributed by atoms with Crippen molar-refractivity contribution >= 4 is 19.7 Å². The number of ether oxygens (including phenoxy) is 1. The molecule has 0 bridgehead atoms. The summed E-state index contributed by atoms with van der Waals surface area (Å²) >= 11 is 0. The Balaban J connectivity index is 3.11. The van der Waals surface area contributed by atoms with Crippen LogP contribution in [0.5, 0.6) is 5.75 Å². The highest BCUT2D eigenvalue weighted by atomic mass is 35.7. The summed E-state index contributed by atoms with van der Waals surface area (Å²) in [6.07, 6.45) is 3.19. The Kier molecular flexibility index (Phi) is 4.47. The van der Waals surface area contributed by atoms with E-state index in [2.05, 4.69) is 0 Å². The second-order valence-electron chi connectivity index (χ2n) is 3.03. The molecule has 0 heterocycles. The van der Waals surface area contributed by atoms with Crippen molar-refractivity contribution in [1.29, 1.82) is 0 Å². The van der Waals surface area contributed by atoms with E-state index in [1.54, 1.807) is 19.1 Å². The molecule has 94 valence electrons. The molecule has 0 spiro atoms. The fraction of sp³-hybridized carbons (Fsp3) is 0.200. The second-order valence-corrected chi connectivity index (χ2v) is 5.60. The van der Waals surface area contributed by atoms with Crippen molar-refractivity contribution < 1.29 is 21.9 Å². The molecule has 0 amide bonds. The summed E-state index contributed by atoms with van der Waals surface area (Å²) in [7, 11) is 0.801. The lowest BCUT2D eigenvalue weighted by Gasteiger charge is -2.07. The lowest BCUT2D eigenvalue weighted by atomic mass is 10.3. The number of rotatable bonds is 4. The molecule has 0 saturated heterocycles. The Hall–Kier alpha value is -1.14. The number of halogens is 3. The van der Waals surface area contributed by atoms with Crippen LogP contribution in [0, 0.1) is 11.6 Å². The molecule has 0 aliphatic rings. The van der Waals surface area contributed by atoms with Gasteiger partial charge in [-0.25, -0.2) is 17.2 Å². The fourth-order valence-corrected chi connectivity index (χ4v) is 1.80. The van der Waals surface area contributed by atoms with E-state index in [1.165, 1.54) is 0 Å². The van der Waals surface area contributed by atoms with E-state index in [0.717, 1.165) is 0 Å². The SMILES string of the molecule is C/C=C/COc1c(F)cc(S(=O)(=O)Cl)cc1F. The third kappa shape index (κ3) is 3.67. The number of hydrogen-bond acceptors (Lipinski definition) is 3. The van der Waals surface area contributed by atoms with Gasteiger partial charge < -0.3 is 4.74 Å². The minimum atomic E-state index is -4.17. The number of hydrogen-bond donors (Lipinski definition) is 0. The molecule has 0 atom stereocenters. The highest BCUT2D eigenvalue weighted by Crippen LogP contribution is 2.27. The van der Waals surface area contributed by atoms with Crippen LogP contribution in [0.3, 0.4) is 0 Å². The van der Waals surface area contributed by atoms with Gasteiger partial charge in [-0.2, -0.15) is 0 Å². The molecular weight excluding hydrogens is 274 g/mol. The summed E-state index contributed by atoms with van der Waals surface area (Å²) in [6.45, 7) is 1.70. The van der Waals surface area contributed by atoms with Gasteiger partial charge in [-0.15, -0.1) is 0 Å². The van der Waals surface area contributed by atoms with Crippen LogP contribution in [0.25, 0.3) is 0 Å². The lowest BCUT2D eigenvalue weighted by Crippen LogP contribution is -2.01. The van der Waals surface area contributed by atoms with Crippen molar-refractivity contribution in [2.24, 2.45) is 0 Å². The van der Waals surface area contributed by atoms with Crippen molar-refractivity contribution in [3.8, 4) is 5.75 Å². The molecule has 1 aromatic carbocycles. The van der Waals surface area contributed by atoms with Crippen LogP contribution in [0.2, 0.25) is 0 Å². The van der Waals surface area contributed by atoms with E-state index >= 15 is 0 Å². The van der Waals surface area contributed by atoms with Gasteiger partial charge >= 0.3 is 0 Å². The predicted octanol–water partition coefficient (Wildman–Crippen LogP) is 2.85. The van der Waals surface area contributed by atoms with E-state index in [1.807, 2.05) is 0 Å². The third-order valence-electron chi connectivity index (χ3n) is 1.81. The van der Waals surface area contributed by atoms with Gasteiger partial charge in [0.05, 0.1) is 4.90 Å². The van der Waals surface area contributed by atoms with Crippen LogP contribution in [-0.2, 0) is 9.05 Å². The van der Waals surface area contributed by atoms with Gasteiger partial charge in [-0.3, -0.25) is 0 Å². The Morgan fingerprint density at radius 3 is 2.29 bits per heavy atom. The van der Waals surface area contributed by atoms with Crippen molar-refractivity contribution in [2.75, 3.05) is 6.61 Å². The zero-order valence-electron chi connectivity index (χ0n) is 8.78. The zero-order chi connectivity index (χ0) is 13.1. The predicted molar refractivity (Wildman–Crippen MR) is 59.7 cm³/mol. The molecule has 17 heavy (non-hydrogen) atoms. The smallest absolute Gasteiger partial charge is 0.261 e. The summed E-state index contributed by atoms with van der Waals surface area (Å²) in [5, 5.41) is 0. The molecule has 3 nitrogen and oxygen atoms in total. The molecule has 1 aromatic rings. The number of allylic oxidation sites excluding steroid dienone is 1. The zero-order valence-corrected chi connectivity index (χ0v) is 10.4. The summed E-state index contributed by atoms with van der Waals surface area (Å²) in [5.74, 6) is -2.87. The van der Waals surface area contributed by atoms with E-state index < -0.39 is 31.3 Å². The van der Waals surface area contributed by atoms with Crippen LogP contribution in [-0.4, -0.2) is 15.0 Å². The molecule has 0 radical (unpaired) electrons. The van der Waals surface area contributed by atoms with Crippen LogP contribution in [0.15, 0.2) is 29.2 Å². The van der Waals surface area contributed by atoms with Crippen LogP contribution >= 0.6 is 10.7 Å². The van der Waals surface area contributed by atoms with Gasteiger partial charge in [-0.05, 0) is 19.1 Å². The highest BCUT2D eigenvalue weighted by molar-refractivity contribution is 8.13. The van der Waals surface area contributed by atoms with Gasteiger partial charge in [0.2, 0.25) is 0 Å². The minimum Gasteiger partial charge on any atom is -0.483 e. The third-order valence-corrected chi connectivity index (χ3v) is 3.15. The topological polar surface area (TPSA) is 43.4 Å². The largest absolute Gasteiger partial charge is 0.483 e. The first-order valence-corrected chi connectivity index (χ1v) is 6.85. The quantitative estimate of drug-likeness (QED) is 0.630.